The number of rotatable bonds is 4. The molecule has 8 heteroatoms. The lowest BCUT2D eigenvalue weighted by atomic mass is 10.1. The van der Waals surface area contributed by atoms with Crippen LogP contribution in [-0.4, -0.2) is 77.0 Å². The molecule has 0 aliphatic carbocycles. The first-order chi connectivity index (χ1) is 14.5. The van der Waals surface area contributed by atoms with Crippen LogP contribution in [0.1, 0.15) is 36.7 Å². The minimum absolute atomic E-state index is 0.153. The second kappa shape index (κ2) is 9.18. The van der Waals surface area contributed by atoms with Crippen molar-refractivity contribution in [3.8, 4) is 11.3 Å². The number of piperazine rings is 1. The summed E-state index contributed by atoms with van der Waals surface area (Å²) in [7, 11) is 0. The van der Waals surface area contributed by atoms with E-state index in [-0.39, 0.29) is 23.6 Å². The summed E-state index contributed by atoms with van der Waals surface area (Å²) in [5.74, 6) is 0.247. The molecule has 2 saturated heterocycles. The SMILES string of the molecule is CC(C(=O)N1CCCCC1)N1CCN(C(=O)c2cc(-c3cccc(Cl)c3)no2)CC1. The molecule has 30 heavy (non-hydrogen) atoms. The van der Waals surface area contributed by atoms with Crippen LogP contribution in [0.5, 0.6) is 0 Å². The summed E-state index contributed by atoms with van der Waals surface area (Å²) in [6.45, 7) is 6.16. The van der Waals surface area contributed by atoms with Crippen molar-refractivity contribution >= 4 is 23.4 Å². The zero-order valence-corrected chi connectivity index (χ0v) is 18.0. The first-order valence-electron chi connectivity index (χ1n) is 10.6. The van der Waals surface area contributed by atoms with Gasteiger partial charge in [-0.25, -0.2) is 0 Å². The predicted octanol–water partition coefficient (Wildman–Crippen LogP) is 3.15. The van der Waals surface area contributed by atoms with Gasteiger partial charge in [-0.3, -0.25) is 14.5 Å². The van der Waals surface area contributed by atoms with Crippen molar-refractivity contribution in [2.45, 2.75) is 32.2 Å². The van der Waals surface area contributed by atoms with Crippen LogP contribution in [-0.2, 0) is 4.79 Å². The Bertz CT molecular complexity index is 901. The molecule has 0 N–H and O–H groups in total. The third kappa shape index (κ3) is 4.52. The second-order valence-electron chi connectivity index (χ2n) is 7.98. The van der Waals surface area contributed by atoms with Crippen LogP contribution >= 0.6 is 11.6 Å². The fraction of sp³-hybridized carbons (Fsp3) is 0.500. The van der Waals surface area contributed by atoms with Gasteiger partial charge in [0, 0.05) is 55.9 Å². The molecule has 0 saturated carbocycles. The lowest BCUT2D eigenvalue weighted by Gasteiger charge is -2.39. The summed E-state index contributed by atoms with van der Waals surface area (Å²) in [5.41, 5.74) is 1.39. The highest BCUT2D eigenvalue weighted by Gasteiger charge is 2.31. The van der Waals surface area contributed by atoms with Gasteiger partial charge in [0.2, 0.25) is 11.7 Å². The van der Waals surface area contributed by atoms with Crippen molar-refractivity contribution in [2.75, 3.05) is 39.3 Å². The van der Waals surface area contributed by atoms with Gasteiger partial charge in [-0.2, -0.15) is 0 Å². The predicted molar refractivity (Wildman–Crippen MR) is 114 cm³/mol. The molecule has 1 unspecified atom stereocenters. The van der Waals surface area contributed by atoms with Crippen molar-refractivity contribution in [3.63, 3.8) is 0 Å². The molecule has 2 amide bonds. The van der Waals surface area contributed by atoms with E-state index in [1.165, 1.54) is 6.42 Å². The summed E-state index contributed by atoms with van der Waals surface area (Å²) in [4.78, 5) is 31.5. The quantitative estimate of drug-likeness (QED) is 0.745. The van der Waals surface area contributed by atoms with Crippen LogP contribution < -0.4 is 0 Å². The number of halogens is 1. The zero-order chi connectivity index (χ0) is 21.1. The summed E-state index contributed by atoms with van der Waals surface area (Å²) >= 11 is 6.03. The number of hydrogen-bond donors (Lipinski definition) is 0. The van der Waals surface area contributed by atoms with Crippen LogP contribution in [0.2, 0.25) is 5.02 Å². The normalized spacial score (nSPS) is 19.0. The number of aromatic nitrogens is 1. The minimum Gasteiger partial charge on any atom is -0.350 e. The highest BCUT2D eigenvalue weighted by Crippen LogP contribution is 2.23. The second-order valence-corrected chi connectivity index (χ2v) is 8.41. The molecule has 2 aliphatic heterocycles. The van der Waals surface area contributed by atoms with E-state index < -0.39 is 0 Å². The summed E-state index contributed by atoms with van der Waals surface area (Å²) in [6.07, 6.45) is 3.39. The molecular formula is C22H27ClN4O3. The summed E-state index contributed by atoms with van der Waals surface area (Å²) < 4.78 is 5.31. The van der Waals surface area contributed by atoms with E-state index in [2.05, 4.69) is 10.1 Å². The fourth-order valence-corrected chi connectivity index (χ4v) is 4.35. The third-order valence-corrected chi connectivity index (χ3v) is 6.25. The number of likely N-dealkylation sites (tertiary alicyclic amines) is 1. The van der Waals surface area contributed by atoms with Gasteiger partial charge in [-0.15, -0.1) is 0 Å². The molecule has 7 nitrogen and oxygen atoms in total. The number of carbonyl (C=O) groups excluding carboxylic acids is 2. The molecule has 2 aromatic rings. The monoisotopic (exact) mass is 430 g/mol. The Morgan fingerprint density at radius 1 is 1.00 bits per heavy atom. The van der Waals surface area contributed by atoms with Crippen molar-refractivity contribution < 1.29 is 14.1 Å². The number of nitrogens with zero attached hydrogens (tertiary/aromatic N) is 4. The Morgan fingerprint density at radius 3 is 2.43 bits per heavy atom. The van der Waals surface area contributed by atoms with Gasteiger partial charge in [-0.05, 0) is 38.3 Å². The molecular weight excluding hydrogens is 404 g/mol. The van der Waals surface area contributed by atoms with Crippen molar-refractivity contribution in [1.82, 2.24) is 19.9 Å². The average molecular weight is 431 g/mol. The molecule has 1 atom stereocenters. The Labute approximate surface area is 181 Å². The van der Waals surface area contributed by atoms with E-state index >= 15 is 0 Å². The van der Waals surface area contributed by atoms with Crippen molar-refractivity contribution in [1.29, 1.82) is 0 Å². The highest BCUT2D eigenvalue weighted by molar-refractivity contribution is 6.30. The van der Waals surface area contributed by atoms with Gasteiger partial charge in [0.15, 0.2) is 0 Å². The molecule has 1 aromatic heterocycles. The van der Waals surface area contributed by atoms with Crippen LogP contribution in [0.3, 0.4) is 0 Å². The lowest BCUT2D eigenvalue weighted by molar-refractivity contribution is -0.137. The minimum atomic E-state index is -0.176. The van der Waals surface area contributed by atoms with E-state index in [0.717, 1.165) is 31.5 Å². The lowest BCUT2D eigenvalue weighted by Crippen LogP contribution is -2.56. The highest BCUT2D eigenvalue weighted by atomic mass is 35.5. The third-order valence-electron chi connectivity index (χ3n) is 6.02. The van der Waals surface area contributed by atoms with Gasteiger partial charge in [0.05, 0.1) is 6.04 Å². The van der Waals surface area contributed by atoms with E-state index in [1.807, 2.05) is 24.0 Å². The van der Waals surface area contributed by atoms with E-state index in [0.29, 0.717) is 36.9 Å². The number of piperidine rings is 1. The maximum Gasteiger partial charge on any atom is 0.292 e. The van der Waals surface area contributed by atoms with Crippen LogP contribution in [0.25, 0.3) is 11.3 Å². The molecule has 3 heterocycles. The standard InChI is InChI=1S/C22H27ClN4O3/c1-16(21(28)26-8-3-2-4-9-26)25-10-12-27(13-11-25)22(29)20-15-19(24-30-20)17-6-5-7-18(23)14-17/h5-7,14-16H,2-4,8-13H2,1H3. The fourth-order valence-electron chi connectivity index (χ4n) is 4.16. The number of benzene rings is 1. The maximum atomic E-state index is 12.8. The molecule has 0 spiro atoms. The number of carbonyl (C=O) groups is 2. The molecule has 160 valence electrons. The van der Waals surface area contributed by atoms with Gasteiger partial charge in [0.25, 0.3) is 5.91 Å². The Morgan fingerprint density at radius 2 is 1.73 bits per heavy atom. The van der Waals surface area contributed by atoms with Gasteiger partial charge in [-0.1, -0.05) is 28.9 Å². The largest absolute Gasteiger partial charge is 0.350 e. The number of amides is 2. The van der Waals surface area contributed by atoms with Crippen LogP contribution in [0.15, 0.2) is 34.9 Å². The van der Waals surface area contributed by atoms with Crippen LogP contribution in [0, 0.1) is 0 Å². The molecule has 1 aromatic carbocycles. The maximum absolute atomic E-state index is 12.8. The Balaban J connectivity index is 1.34. The van der Waals surface area contributed by atoms with Crippen molar-refractivity contribution in [2.24, 2.45) is 0 Å². The summed E-state index contributed by atoms with van der Waals surface area (Å²) in [5, 5.41) is 4.62. The Kier molecular flexibility index (Phi) is 6.39. The molecule has 0 radical (unpaired) electrons. The first kappa shape index (κ1) is 20.9. The molecule has 4 rings (SSSR count). The molecule has 0 bridgehead atoms. The van der Waals surface area contributed by atoms with Crippen LogP contribution in [0.4, 0.5) is 0 Å². The molecule has 2 aliphatic rings. The smallest absolute Gasteiger partial charge is 0.292 e. The Hall–Kier alpha value is -2.38. The summed E-state index contributed by atoms with van der Waals surface area (Å²) in [6, 6.07) is 8.78. The molecule has 2 fully saturated rings. The first-order valence-corrected chi connectivity index (χ1v) is 11.0. The topological polar surface area (TPSA) is 69.9 Å². The number of hydrogen-bond acceptors (Lipinski definition) is 5. The van der Waals surface area contributed by atoms with Crippen molar-refractivity contribution in [3.05, 3.63) is 41.1 Å². The van der Waals surface area contributed by atoms with E-state index in [9.17, 15) is 9.59 Å². The van der Waals surface area contributed by atoms with E-state index in [1.54, 1.807) is 23.1 Å². The van der Waals surface area contributed by atoms with E-state index in [4.69, 9.17) is 16.1 Å². The zero-order valence-electron chi connectivity index (χ0n) is 17.2. The van der Waals surface area contributed by atoms with Gasteiger partial charge >= 0.3 is 0 Å². The average Bonchev–Trinajstić information content (AvgIpc) is 3.29. The van der Waals surface area contributed by atoms with Gasteiger partial charge in [0.1, 0.15) is 5.69 Å². The van der Waals surface area contributed by atoms with Gasteiger partial charge < -0.3 is 14.3 Å².